The molecule has 0 spiro atoms. The molecule has 2 saturated carbocycles. The number of aryl methyl sites for hydroxylation is 2. The number of nitrogens with two attached hydrogens (primary N) is 1. The quantitative estimate of drug-likeness (QED) is 0.854. The molecule has 3 N–H and O–H groups in total. The van der Waals surface area contributed by atoms with Gasteiger partial charge in [-0.2, -0.15) is 5.10 Å². The Morgan fingerprint density at radius 3 is 2.83 bits per heavy atom. The fourth-order valence-corrected chi connectivity index (χ4v) is 4.38. The topological polar surface area (TPSA) is 64.1 Å². The molecule has 0 radical (unpaired) electrons. The standard InChI is InChI=1S/C14H23N3O/c1-9-12(7-17(2)16-9)13(18)14(8-15)6-10-3-4-11(14)5-10/h7,10-11,13,18H,3-6,8,15H2,1-2H3. The molecule has 2 aliphatic carbocycles. The minimum atomic E-state index is -0.452. The second-order valence-electron chi connectivity index (χ2n) is 6.26. The van der Waals surface area contributed by atoms with Crippen molar-refractivity contribution in [2.24, 2.45) is 30.0 Å². The Hall–Kier alpha value is -0.870. The van der Waals surface area contributed by atoms with E-state index in [1.54, 1.807) is 4.68 Å². The first-order valence-electron chi connectivity index (χ1n) is 6.95. The highest BCUT2D eigenvalue weighted by atomic mass is 16.3. The van der Waals surface area contributed by atoms with Gasteiger partial charge in [-0.05, 0) is 38.0 Å². The van der Waals surface area contributed by atoms with E-state index in [-0.39, 0.29) is 5.41 Å². The van der Waals surface area contributed by atoms with E-state index in [1.807, 2.05) is 20.2 Å². The van der Waals surface area contributed by atoms with Crippen molar-refractivity contribution < 1.29 is 5.11 Å². The Morgan fingerprint density at radius 1 is 1.61 bits per heavy atom. The SMILES string of the molecule is Cc1nn(C)cc1C(O)C1(CN)CC2CCC1C2. The van der Waals surface area contributed by atoms with Gasteiger partial charge in [0.2, 0.25) is 0 Å². The summed E-state index contributed by atoms with van der Waals surface area (Å²) in [6.07, 6.45) is 6.40. The summed E-state index contributed by atoms with van der Waals surface area (Å²) in [6.45, 7) is 2.56. The summed E-state index contributed by atoms with van der Waals surface area (Å²) < 4.78 is 1.78. The molecule has 18 heavy (non-hydrogen) atoms. The van der Waals surface area contributed by atoms with Crippen LogP contribution in [-0.2, 0) is 7.05 Å². The Balaban J connectivity index is 1.95. The second kappa shape index (κ2) is 4.07. The predicted octanol–water partition coefficient (Wildman–Crippen LogP) is 1.53. The van der Waals surface area contributed by atoms with E-state index in [2.05, 4.69) is 5.10 Å². The van der Waals surface area contributed by atoms with Crippen molar-refractivity contribution in [3.05, 3.63) is 17.5 Å². The third kappa shape index (κ3) is 1.55. The second-order valence-corrected chi connectivity index (χ2v) is 6.26. The Kier molecular flexibility index (Phi) is 2.75. The van der Waals surface area contributed by atoms with E-state index in [4.69, 9.17) is 5.73 Å². The van der Waals surface area contributed by atoms with Crippen molar-refractivity contribution in [2.45, 2.75) is 38.7 Å². The molecule has 1 aromatic heterocycles. The van der Waals surface area contributed by atoms with Gasteiger partial charge < -0.3 is 10.8 Å². The Morgan fingerprint density at radius 2 is 2.39 bits per heavy atom. The lowest BCUT2D eigenvalue weighted by molar-refractivity contribution is -0.0134. The van der Waals surface area contributed by atoms with Crippen molar-refractivity contribution in [3.63, 3.8) is 0 Å². The molecule has 3 rings (SSSR count). The van der Waals surface area contributed by atoms with Crippen molar-refractivity contribution in [3.8, 4) is 0 Å². The summed E-state index contributed by atoms with van der Waals surface area (Å²) in [5.41, 5.74) is 7.86. The maximum atomic E-state index is 10.9. The highest BCUT2D eigenvalue weighted by Crippen LogP contribution is 2.60. The Labute approximate surface area is 108 Å². The lowest BCUT2D eigenvalue weighted by atomic mass is 9.67. The lowest BCUT2D eigenvalue weighted by Crippen LogP contribution is -2.41. The molecule has 4 heteroatoms. The maximum Gasteiger partial charge on any atom is 0.0894 e. The third-order valence-corrected chi connectivity index (χ3v) is 5.29. The summed E-state index contributed by atoms with van der Waals surface area (Å²) >= 11 is 0. The van der Waals surface area contributed by atoms with E-state index >= 15 is 0 Å². The van der Waals surface area contributed by atoms with Crippen molar-refractivity contribution in [2.75, 3.05) is 6.54 Å². The van der Waals surface area contributed by atoms with Gasteiger partial charge in [0.1, 0.15) is 0 Å². The molecule has 0 aliphatic heterocycles. The van der Waals surface area contributed by atoms with Crippen LogP contribution in [0, 0.1) is 24.2 Å². The van der Waals surface area contributed by atoms with Crippen LogP contribution in [0.25, 0.3) is 0 Å². The van der Waals surface area contributed by atoms with Crippen molar-refractivity contribution in [1.29, 1.82) is 0 Å². The molecule has 1 aromatic rings. The van der Waals surface area contributed by atoms with Crippen LogP contribution in [0.5, 0.6) is 0 Å². The van der Waals surface area contributed by atoms with Gasteiger partial charge in [-0.3, -0.25) is 4.68 Å². The first-order chi connectivity index (χ1) is 8.56. The summed E-state index contributed by atoms with van der Waals surface area (Å²) in [5.74, 6) is 1.38. The first-order valence-corrected chi connectivity index (χ1v) is 6.95. The third-order valence-electron chi connectivity index (χ3n) is 5.29. The van der Waals surface area contributed by atoms with Gasteiger partial charge in [0.25, 0.3) is 0 Å². The van der Waals surface area contributed by atoms with E-state index in [0.29, 0.717) is 12.5 Å². The van der Waals surface area contributed by atoms with Gasteiger partial charge in [-0.15, -0.1) is 0 Å². The fourth-order valence-electron chi connectivity index (χ4n) is 4.38. The molecule has 0 saturated heterocycles. The zero-order chi connectivity index (χ0) is 12.9. The Bertz CT molecular complexity index is 456. The average Bonchev–Trinajstić information content (AvgIpc) is 3.02. The van der Waals surface area contributed by atoms with Gasteiger partial charge in [-0.1, -0.05) is 6.42 Å². The van der Waals surface area contributed by atoms with Gasteiger partial charge in [-0.25, -0.2) is 0 Å². The predicted molar refractivity (Wildman–Crippen MR) is 69.8 cm³/mol. The number of nitrogens with zero attached hydrogens (tertiary/aromatic N) is 2. The number of hydrogen-bond donors (Lipinski definition) is 2. The molecule has 4 unspecified atom stereocenters. The summed E-state index contributed by atoms with van der Waals surface area (Å²) in [7, 11) is 1.90. The molecule has 4 nitrogen and oxygen atoms in total. The van der Waals surface area contributed by atoms with Crippen LogP contribution in [0.4, 0.5) is 0 Å². The average molecular weight is 249 g/mol. The summed E-state index contributed by atoms with van der Waals surface area (Å²) in [4.78, 5) is 0. The van der Waals surface area contributed by atoms with E-state index < -0.39 is 6.10 Å². The monoisotopic (exact) mass is 249 g/mol. The minimum Gasteiger partial charge on any atom is -0.388 e. The van der Waals surface area contributed by atoms with Crippen LogP contribution in [0.3, 0.4) is 0 Å². The summed E-state index contributed by atoms with van der Waals surface area (Å²) in [6, 6.07) is 0. The smallest absolute Gasteiger partial charge is 0.0894 e. The highest BCUT2D eigenvalue weighted by molar-refractivity contribution is 5.23. The van der Waals surface area contributed by atoms with Gasteiger partial charge >= 0.3 is 0 Å². The molecular formula is C14H23N3O. The van der Waals surface area contributed by atoms with Crippen LogP contribution in [0.1, 0.15) is 43.0 Å². The molecule has 1 heterocycles. The zero-order valence-electron chi connectivity index (χ0n) is 11.3. The minimum absolute atomic E-state index is 0.100. The number of aliphatic hydroxyl groups is 1. The molecule has 2 fully saturated rings. The normalized spacial score (nSPS) is 36.2. The van der Waals surface area contributed by atoms with Gasteiger partial charge in [0.15, 0.2) is 0 Å². The number of aliphatic hydroxyl groups excluding tert-OH is 1. The van der Waals surface area contributed by atoms with Gasteiger partial charge in [0, 0.05) is 30.8 Å². The number of rotatable bonds is 3. The van der Waals surface area contributed by atoms with Gasteiger partial charge in [0.05, 0.1) is 11.8 Å². The number of fused-ring (bicyclic) bond motifs is 2. The molecule has 0 amide bonds. The van der Waals surface area contributed by atoms with Crippen LogP contribution in [-0.4, -0.2) is 21.4 Å². The van der Waals surface area contributed by atoms with Crippen LogP contribution in [0.2, 0.25) is 0 Å². The van der Waals surface area contributed by atoms with Crippen molar-refractivity contribution in [1.82, 2.24) is 9.78 Å². The van der Waals surface area contributed by atoms with Crippen LogP contribution < -0.4 is 5.73 Å². The first kappa shape index (κ1) is 12.2. The molecule has 100 valence electrons. The van der Waals surface area contributed by atoms with E-state index in [0.717, 1.165) is 23.6 Å². The van der Waals surface area contributed by atoms with E-state index in [9.17, 15) is 5.11 Å². The molecular weight excluding hydrogens is 226 g/mol. The van der Waals surface area contributed by atoms with Crippen LogP contribution in [0.15, 0.2) is 6.20 Å². The number of aromatic nitrogens is 2. The molecule has 2 aliphatic rings. The van der Waals surface area contributed by atoms with E-state index in [1.165, 1.54) is 19.3 Å². The summed E-state index contributed by atoms with van der Waals surface area (Å²) in [5, 5.41) is 15.2. The molecule has 0 aromatic carbocycles. The lowest BCUT2D eigenvalue weighted by Gasteiger charge is -2.40. The van der Waals surface area contributed by atoms with Crippen molar-refractivity contribution >= 4 is 0 Å². The van der Waals surface area contributed by atoms with Crippen LogP contribution >= 0.6 is 0 Å². The number of hydrogen-bond acceptors (Lipinski definition) is 3. The molecule has 2 bridgehead atoms. The fraction of sp³-hybridized carbons (Fsp3) is 0.786. The molecule has 4 atom stereocenters. The zero-order valence-corrected chi connectivity index (χ0v) is 11.3. The maximum absolute atomic E-state index is 10.9. The highest BCUT2D eigenvalue weighted by Gasteiger charge is 2.54. The largest absolute Gasteiger partial charge is 0.388 e.